The number of hydrogen-bond donors (Lipinski definition) is 0. The van der Waals surface area contributed by atoms with Crippen LogP contribution in [0.1, 0.15) is 96.3 Å². The molecule has 0 radical (unpaired) electrons. The van der Waals surface area contributed by atoms with Crippen molar-refractivity contribution in [2.24, 2.45) is 0 Å². The van der Waals surface area contributed by atoms with Crippen LogP contribution >= 0.6 is 0 Å². The molecule has 31 heavy (non-hydrogen) atoms. The number of rotatable bonds is 10. The summed E-state index contributed by atoms with van der Waals surface area (Å²) in [6.07, 6.45) is 16.1. The van der Waals surface area contributed by atoms with E-state index >= 15 is 0 Å². The highest BCUT2D eigenvalue weighted by Crippen LogP contribution is 2.42. The fourth-order valence-electron chi connectivity index (χ4n) is 4.41. The van der Waals surface area contributed by atoms with Gasteiger partial charge >= 0.3 is 0 Å². The number of allylic oxidation sites excluding steroid dienone is 6. The van der Waals surface area contributed by atoms with Crippen LogP contribution in [0.3, 0.4) is 0 Å². The summed E-state index contributed by atoms with van der Waals surface area (Å²) in [5.74, 6) is 2.06. The normalized spacial score (nSPS) is 19.0. The lowest BCUT2D eigenvalue weighted by atomic mass is 9.86. The Kier molecular flexibility index (Phi) is 9.47. The number of benzene rings is 1. The summed E-state index contributed by atoms with van der Waals surface area (Å²) in [4.78, 5) is 0. The average Bonchev–Trinajstić information content (AvgIpc) is 2.70. The number of methoxy groups -OCH3 is 1. The molecule has 1 aliphatic heterocycles. The highest BCUT2D eigenvalue weighted by atomic mass is 16.5. The van der Waals surface area contributed by atoms with E-state index in [1.807, 2.05) is 0 Å². The minimum Gasteiger partial charge on any atom is -0.496 e. The number of hydrogen-bond acceptors (Lipinski definition) is 2. The molecule has 0 bridgehead atoms. The largest absolute Gasteiger partial charge is 0.496 e. The van der Waals surface area contributed by atoms with Gasteiger partial charge in [-0.15, -0.1) is 0 Å². The van der Waals surface area contributed by atoms with Gasteiger partial charge in [0.25, 0.3) is 0 Å². The zero-order valence-corrected chi connectivity index (χ0v) is 21.3. The summed E-state index contributed by atoms with van der Waals surface area (Å²) in [6, 6.07) is 2.11. The van der Waals surface area contributed by atoms with Crippen LogP contribution in [-0.2, 0) is 6.42 Å². The Morgan fingerprint density at radius 3 is 2.23 bits per heavy atom. The Balaban J connectivity index is 1.86. The molecular weight excluding hydrogens is 380 g/mol. The van der Waals surface area contributed by atoms with Gasteiger partial charge in [0.15, 0.2) is 0 Å². The van der Waals surface area contributed by atoms with E-state index in [0.717, 1.165) is 56.4 Å². The maximum absolute atomic E-state index is 6.58. The van der Waals surface area contributed by atoms with Gasteiger partial charge in [-0.3, -0.25) is 0 Å². The highest BCUT2D eigenvalue weighted by Gasteiger charge is 2.33. The van der Waals surface area contributed by atoms with E-state index in [0.29, 0.717) is 0 Å². The Morgan fingerprint density at radius 2 is 1.61 bits per heavy atom. The van der Waals surface area contributed by atoms with Gasteiger partial charge in [-0.1, -0.05) is 34.9 Å². The van der Waals surface area contributed by atoms with Gasteiger partial charge in [0, 0.05) is 5.56 Å². The van der Waals surface area contributed by atoms with Crippen LogP contribution in [-0.4, -0.2) is 12.7 Å². The van der Waals surface area contributed by atoms with E-state index in [-0.39, 0.29) is 5.60 Å². The fourth-order valence-corrected chi connectivity index (χ4v) is 4.41. The molecule has 0 amide bonds. The molecule has 0 saturated heterocycles. The number of fused-ring (bicyclic) bond motifs is 1. The summed E-state index contributed by atoms with van der Waals surface area (Å²) in [5.41, 5.74) is 8.06. The molecule has 0 spiro atoms. The van der Waals surface area contributed by atoms with Crippen molar-refractivity contribution in [3.8, 4) is 11.5 Å². The molecule has 0 unspecified atom stereocenters. The molecule has 0 fully saturated rings. The second-order valence-corrected chi connectivity index (χ2v) is 9.88. The van der Waals surface area contributed by atoms with Crippen LogP contribution in [0.25, 0.3) is 0 Å². The zero-order chi connectivity index (χ0) is 23.0. The van der Waals surface area contributed by atoms with E-state index in [4.69, 9.17) is 9.47 Å². The predicted molar refractivity (Wildman–Crippen MR) is 134 cm³/mol. The first kappa shape index (κ1) is 25.3. The monoisotopic (exact) mass is 424 g/mol. The molecule has 1 heterocycles. The van der Waals surface area contributed by atoms with Crippen molar-refractivity contribution in [1.82, 2.24) is 0 Å². The third kappa shape index (κ3) is 7.59. The Bertz CT molecular complexity index is 837. The smallest absolute Gasteiger partial charge is 0.126 e. The van der Waals surface area contributed by atoms with Crippen molar-refractivity contribution >= 4 is 0 Å². The summed E-state index contributed by atoms with van der Waals surface area (Å²) in [6.45, 7) is 15.4. The van der Waals surface area contributed by atoms with Crippen molar-refractivity contribution in [3.63, 3.8) is 0 Å². The minimum absolute atomic E-state index is 0.0863. The summed E-state index contributed by atoms with van der Waals surface area (Å²) >= 11 is 0. The molecule has 2 rings (SSSR count). The maximum Gasteiger partial charge on any atom is 0.126 e. The zero-order valence-electron chi connectivity index (χ0n) is 21.3. The molecule has 2 nitrogen and oxygen atoms in total. The van der Waals surface area contributed by atoms with Crippen molar-refractivity contribution in [2.45, 2.75) is 105 Å². The van der Waals surface area contributed by atoms with Gasteiger partial charge in [0.05, 0.1) is 7.11 Å². The topological polar surface area (TPSA) is 18.5 Å². The Labute approximate surface area is 191 Å². The van der Waals surface area contributed by atoms with Crippen molar-refractivity contribution in [1.29, 1.82) is 0 Å². The average molecular weight is 425 g/mol. The molecule has 1 aliphatic rings. The lowest BCUT2D eigenvalue weighted by molar-refractivity contribution is 0.0559. The molecule has 0 aromatic heterocycles. The van der Waals surface area contributed by atoms with Gasteiger partial charge in [-0.2, -0.15) is 0 Å². The SMILES string of the molecule is COc1cc(C)c2c(c1C)CC[C@@](C)(CCC=C(C)CCC=C(C)CCC=C(C)C)O2. The molecule has 1 aromatic carbocycles. The van der Waals surface area contributed by atoms with Gasteiger partial charge < -0.3 is 9.47 Å². The van der Waals surface area contributed by atoms with Crippen LogP contribution in [0.5, 0.6) is 11.5 Å². The standard InChI is InChI=1S/C29H44O2/c1-21(2)12-9-13-22(3)14-10-15-23(4)16-11-18-29(7)19-17-26-25(6)27(30-8)20-24(5)28(26)31-29/h12,14,16,20H,9-11,13,15,17-19H2,1-8H3/t29-/m1/s1. The van der Waals surface area contributed by atoms with Crippen LogP contribution in [0, 0.1) is 13.8 Å². The minimum atomic E-state index is -0.0863. The van der Waals surface area contributed by atoms with Gasteiger partial charge in [-0.25, -0.2) is 0 Å². The molecule has 172 valence electrons. The van der Waals surface area contributed by atoms with E-state index in [1.165, 1.54) is 39.8 Å². The second kappa shape index (κ2) is 11.6. The van der Waals surface area contributed by atoms with Crippen molar-refractivity contribution in [3.05, 3.63) is 57.7 Å². The Hall–Kier alpha value is -1.96. The fraction of sp³-hybridized carbons (Fsp3) is 0.586. The number of ether oxygens (including phenoxy) is 2. The van der Waals surface area contributed by atoms with Crippen molar-refractivity contribution in [2.75, 3.05) is 7.11 Å². The highest BCUT2D eigenvalue weighted by molar-refractivity contribution is 5.54. The molecule has 0 aliphatic carbocycles. The van der Waals surface area contributed by atoms with Crippen molar-refractivity contribution < 1.29 is 9.47 Å². The quantitative estimate of drug-likeness (QED) is 0.350. The molecule has 0 saturated carbocycles. The van der Waals surface area contributed by atoms with E-state index in [2.05, 4.69) is 72.8 Å². The Morgan fingerprint density at radius 1 is 1.00 bits per heavy atom. The van der Waals surface area contributed by atoms with Gasteiger partial charge in [0.1, 0.15) is 17.1 Å². The number of aryl methyl sites for hydroxylation is 1. The lowest BCUT2D eigenvalue weighted by Crippen LogP contribution is -2.36. The third-order valence-corrected chi connectivity index (χ3v) is 6.56. The van der Waals surface area contributed by atoms with Crippen LogP contribution in [0.4, 0.5) is 0 Å². The summed E-state index contributed by atoms with van der Waals surface area (Å²) in [7, 11) is 1.75. The second-order valence-electron chi connectivity index (χ2n) is 9.88. The molecule has 1 aromatic rings. The van der Waals surface area contributed by atoms with E-state index in [9.17, 15) is 0 Å². The summed E-state index contributed by atoms with van der Waals surface area (Å²) < 4.78 is 12.1. The van der Waals surface area contributed by atoms with Crippen LogP contribution < -0.4 is 9.47 Å². The summed E-state index contributed by atoms with van der Waals surface area (Å²) in [5, 5.41) is 0. The third-order valence-electron chi connectivity index (χ3n) is 6.56. The first-order valence-electron chi connectivity index (χ1n) is 12.0. The predicted octanol–water partition coefficient (Wildman–Crippen LogP) is 8.60. The molecule has 1 atom stereocenters. The van der Waals surface area contributed by atoms with E-state index in [1.54, 1.807) is 7.11 Å². The molecule has 2 heteroatoms. The molecular formula is C29H44O2. The maximum atomic E-state index is 6.58. The van der Waals surface area contributed by atoms with Gasteiger partial charge in [-0.05, 0) is 117 Å². The van der Waals surface area contributed by atoms with Crippen LogP contribution in [0.2, 0.25) is 0 Å². The van der Waals surface area contributed by atoms with Gasteiger partial charge in [0.2, 0.25) is 0 Å². The molecule has 0 N–H and O–H groups in total. The van der Waals surface area contributed by atoms with Crippen LogP contribution in [0.15, 0.2) is 41.0 Å². The van der Waals surface area contributed by atoms with E-state index < -0.39 is 0 Å². The first-order chi connectivity index (χ1) is 14.6. The first-order valence-corrected chi connectivity index (χ1v) is 12.0. The lowest BCUT2D eigenvalue weighted by Gasteiger charge is -2.37.